The third kappa shape index (κ3) is 1.89. The zero-order valence-corrected chi connectivity index (χ0v) is 10.4. The highest BCUT2D eigenvalue weighted by Gasteiger charge is 2.46. The third-order valence-electron chi connectivity index (χ3n) is 3.63. The molecule has 1 aliphatic carbocycles. The fourth-order valence-electron chi connectivity index (χ4n) is 2.17. The van der Waals surface area contributed by atoms with Gasteiger partial charge in [0.2, 0.25) is 0 Å². The molecule has 16 heavy (non-hydrogen) atoms. The van der Waals surface area contributed by atoms with Crippen LogP contribution in [0.1, 0.15) is 31.8 Å². The van der Waals surface area contributed by atoms with Crippen LogP contribution in [0.15, 0.2) is 6.07 Å². The summed E-state index contributed by atoms with van der Waals surface area (Å²) < 4.78 is 0. The lowest BCUT2D eigenvalue weighted by Gasteiger charge is -2.50. The van der Waals surface area contributed by atoms with Gasteiger partial charge in [-0.25, -0.2) is 9.97 Å². The first-order valence-electron chi connectivity index (χ1n) is 5.74. The van der Waals surface area contributed by atoms with Crippen molar-refractivity contribution in [1.29, 1.82) is 0 Å². The molecular weight excluding hydrogens is 200 g/mol. The van der Waals surface area contributed by atoms with Crippen molar-refractivity contribution < 1.29 is 0 Å². The number of nitrogens with zero attached hydrogens (tertiary/aromatic N) is 2. The van der Waals surface area contributed by atoms with Crippen LogP contribution in [0.2, 0.25) is 0 Å². The van der Waals surface area contributed by atoms with Crippen molar-refractivity contribution in [2.24, 2.45) is 11.1 Å². The second-order valence-electron chi connectivity index (χ2n) is 5.30. The van der Waals surface area contributed by atoms with Crippen LogP contribution in [0.4, 0.5) is 5.82 Å². The van der Waals surface area contributed by atoms with Crippen LogP contribution in [0, 0.1) is 19.3 Å². The van der Waals surface area contributed by atoms with Gasteiger partial charge in [0, 0.05) is 29.3 Å². The lowest BCUT2D eigenvalue weighted by atomic mass is 9.63. The molecule has 2 unspecified atom stereocenters. The minimum absolute atomic E-state index is 0.146. The zero-order chi connectivity index (χ0) is 11.9. The zero-order valence-electron chi connectivity index (χ0n) is 10.4. The molecule has 0 saturated heterocycles. The molecule has 1 fully saturated rings. The van der Waals surface area contributed by atoms with Crippen LogP contribution in [0.25, 0.3) is 0 Å². The topological polar surface area (TPSA) is 63.8 Å². The highest BCUT2D eigenvalue weighted by molar-refractivity contribution is 5.39. The Bertz CT molecular complexity index is 380. The minimum atomic E-state index is 0.146. The molecule has 0 spiro atoms. The molecule has 4 heteroatoms. The van der Waals surface area contributed by atoms with E-state index in [1.807, 2.05) is 19.9 Å². The molecule has 0 radical (unpaired) electrons. The number of hydrogen-bond donors (Lipinski definition) is 2. The molecule has 1 aromatic rings. The fourth-order valence-corrected chi connectivity index (χ4v) is 2.17. The second kappa shape index (κ2) is 3.70. The first-order chi connectivity index (χ1) is 7.39. The predicted molar refractivity (Wildman–Crippen MR) is 65.3 cm³/mol. The van der Waals surface area contributed by atoms with Gasteiger partial charge < -0.3 is 11.1 Å². The van der Waals surface area contributed by atoms with E-state index in [-0.39, 0.29) is 11.5 Å². The van der Waals surface area contributed by atoms with Gasteiger partial charge in [0.25, 0.3) is 0 Å². The van der Waals surface area contributed by atoms with Crippen LogP contribution in [-0.4, -0.2) is 22.1 Å². The Hall–Kier alpha value is -1.16. The van der Waals surface area contributed by atoms with E-state index in [4.69, 9.17) is 5.73 Å². The Morgan fingerprint density at radius 3 is 2.56 bits per heavy atom. The Balaban J connectivity index is 2.11. The maximum atomic E-state index is 5.99. The highest BCUT2D eigenvalue weighted by atomic mass is 15.1. The summed E-state index contributed by atoms with van der Waals surface area (Å²) in [6.07, 6.45) is 1.01. The van der Waals surface area contributed by atoms with Gasteiger partial charge in [-0.2, -0.15) is 0 Å². The average Bonchev–Trinajstić information content (AvgIpc) is 2.15. The predicted octanol–water partition coefficient (Wildman–Crippen LogP) is 1.63. The summed E-state index contributed by atoms with van der Waals surface area (Å²) in [4.78, 5) is 8.64. The van der Waals surface area contributed by atoms with Gasteiger partial charge in [0.1, 0.15) is 11.6 Å². The highest BCUT2D eigenvalue weighted by Crippen LogP contribution is 2.40. The summed E-state index contributed by atoms with van der Waals surface area (Å²) in [5.74, 6) is 1.72. The summed E-state index contributed by atoms with van der Waals surface area (Å²) in [5, 5.41) is 3.45. The Morgan fingerprint density at radius 2 is 2.06 bits per heavy atom. The van der Waals surface area contributed by atoms with Crippen LogP contribution < -0.4 is 11.1 Å². The summed E-state index contributed by atoms with van der Waals surface area (Å²) in [7, 11) is 0. The van der Waals surface area contributed by atoms with Crippen molar-refractivity contribution in [3.05, 3.63) is 17.6 Å². The van der Waals surface area contributed by atoms with Crippen molar-refractivity contribution in [2.45, 2.75) is 46.2 Å². The first-order valence-corrected chi connectivity index (χ1v) is 5.74. The molecule has 1 saturated carbocycles. The van der Waals surface area contributed by atoms with Crippen molar-refractivity contribution >= 4 is 5.82 Å². The van der Waals surface area contributed by atoms with Crippen LogP contribution >= 0.6 is 0 Å². The Morgan fingerprint density at radius 1 is 1.38 bits per heavy atom. The van der Waals surface area contributed by atoms with E-state index in [1.54, 1.807) is 0 Å². The summed E-state index contributed by atoms with van der Waals surface area (Å²) in [6, 6.07) is 2.68. The first kappa shape index (κ1) is 11.3. The van der Waals surface area contributed by atoms with Gasteiger partial charge >= 0.3 is 0 Å². The monoisotopic (exact) mass is 220 g/mol. The summed E-state index contributed by atoms with van der Waals surface area (Å²) >= 11 is 0. The number of nitrogens with two attached hydrogens (primary N) is 1. The second-order valence-corrected chi connectivity index (χ2v) is 5.30. The summed E-state index contributed by atoms with van der Waals surface area (Å²) in [6.45, 7) is 8.28. The normalized spacial score (nSPS) is 27.3. The minimum Gasteiger partial charge on any atom is -0.367 e. The van der Waals surface area contributed by atoms with Gasteiger partial charge in [-0.3, -0.25) is 0 Å². The number of nitrogens with one attached hydrogen (secondary N) is 1. The molecule has 88 valence electrons. The molecule has 0 aromatic carbocycles. The van der Waals surface area contributed by atoms with Crippen molar-refractivity contribution in [1.82, 2.24) is 9.97 Å². The number of hydrogen-bond acceptors (Lipinski definition) is 4. The van der Waals surface area contributed by atoms with Gasteiger partial charge in [0.05, 0.1) is 0 Å². The number of rotatable bonds is 2. The number of anilines is 1. The smallest absolute Gasteiger partial charge is 0.130 e. The lowest BCUT2D eigenvalue weighted by molar-refractivity contribution is 0.117. The molecular formula is C12H20N4. The lowest BCUT2D eigenvalue weighted by Crippen LogP contribution is -2.61. The fraction of sp³-hybridized carbons (Fsp3) is 0.667. The molecule has 0 amide bonds. The van der Waals surface area contributed by atoms with Crippen molar-refractivity contribution in [3.8, 4) is 0 Å². The molecule has 0 bridgehead atoms. The molecule has 1 aliphatic rings. The molecule has 2 atom stereocenters. The largest absolute Gasteiger partial charge is 0.367 e. The maximum absolute atomic E-state index is 5.99. The van der Waals surface area contributed by atoms with Crippen molar-refractivity contribution in [3.63, 3.8) is 0 Å². The molecule has 2 rings (SSSR count). The third-order valence-corrected chi connectivity index (χ3v) is 3.63. The number of aromatic nitrogens is 2. The molecule has 1 aromatic heterocycles. The Kier molecular flexibility index (Phi) is 2.62. The van der Waals surface area contributed by atoms with Gasteiger partial charge in [-0.15, -0.1) is 0 Å². The van der Waals surface area contributed by atoms with E-state index in [9.17, 15) is 0 Å². The molecule has 0 aliphatic heterocycles. The van der Waals surface area contributed by atoms with Crippen LogP contribution in [-0.2, 0) is 0 Å². The van der Waals surface area contributed by atoms with Crippen LogP contribution in [0.5, 0.6) is 0 Å². The van der Waals surface area contributed by atoms with Crippen LogP contribution in [0.3, 0.4) is 0 Å². The van der Waals surface area contributed by atoms with E-state index in [0.717, 1.165) is 23.8 Å². The van der Waals surface area contributed by atoms with E-state index < -0.39 is 0 Å². The molecule has 3 N–H and O–H groups in total. The van der Waals surface area contributed by atoms with E-state index in [2.05, 4.69) is 29.1 Å². The van der Waals surface area contributed by atoms with E-state index in [0.29, 0.717) is 6.04 Å². The Labute approximate surface area is 96.7 Å². The SMILES string of the molecule is Cc1cc(NC2CC(N)C2(C)C)nc(C)n1. The summed E-state index contributed by atoms with van der Waals surface area (Å²) in [5.41, 5.74) is 7.13. The molecule has 4 nitrogen and oxygen atoms in total. The van der Waals surface area contributed by atoms with Gasteiger partial charge in [-0.05, 0) is 20.3 Å². The van der Waals surface area contributed by atoms with E-state index >= 15 is 0 Å². The van der Waals surface area contributed by atoms with Gasteiger partial charge in [0.15, 0.2) is 0 Å². The van der Waals surface area contributed by atoms with E-state index in [1.165, 1.54) is 0 Å². The molecule has 1 heterocycles. The average molecular weight is 220 g/mol. The standard InChI is InChI=1S/C12H20N4/c1-7-5-11(15-8(2)14-7)16-10-6-9(13)12(10,3)4/h5,9-10H,6,13H2,1-4H3,(H,14,15,16). The quantitative estimate of drug-likeness (QED) is 0.795. The maximum Gasteiger partial charge on any atom is 0.130 e. The van der Waals surface area contributed by atoms with Gasteiger partial charge in [-0.1, -0.05) is 13.8 Å². The van der Waals surface area contributed by atoms with Crippen molar-refractivity contribution in [2.75, 3.05) is 5.32 Å². The number of aryl methyl sites for hydroxylation is 2.